The van der Waals surface area contributed by atoms with Crippen LogP contribution in [0.2, 0.25) is 0 Å². The Morgan fingerprint density at radius 3 is 2.60 bits per heavy atom. The summed E-state index contributed by atoms with van der Waals surface area (Å²) in [6, 6.07) is 7.85. The number of hydrogen-bond donors (Lipinski definition) is 2. The molecule has 5 heteroatoms. The van der Waals surface area contributed by atoms with Gasteiger partial charge in [-0.1, -0.05) is 24.3 Å². The lowest BCUT2D eigenvalue weighted by molar-refractivity contribution is -0.140. The SMILES string of the molecule is O=C(O)CN1Cc2ccccc2C[C@H]1C(=O)NC1CC1. The second-order valence-electron chi connectivity index (χ2n) is 5.57. The molecule has 0 unspecified atom stereocenters. The van der Waals surface area contributed by atoms with Crippen molar-refractivity contribution in [3.63, 3.8) is 0 Å². The molecule has 1 heterocycles. The van der Waals surface area contributed by atoms with Crippen LogP contribution in [0.5, 0.6) is 0 Å². The molecule has 2 aliphatic rings. The monoisotopic (exact) mass is 274 g/mol. The topological polar surface area (TPSA) is 69.6 Å². The van der Waals surface area contributed by atoms with Crippen LogP contribution in [0.4, 0.5) is 0 Å². The average molecular weight is 274 g/mol. The van der Waals surface area contributed by atoms with Crippen molar-refractivity contribution in [2.45, 2.75) is 37.9 Å². The van der Waals surface area contributed by atoms with Gasteiger partial charge in [0.25, 0.3) is 0 Å². The van der Waals surface area contributed by atoms with Crippen molar-refractivity contribution < 1.29 is 14.7 Å². The van der Waals surface area contributed by atoms with E-state index in [0.717, 1.165) is 24.0 Å². The van der Waals surface area contributed by atoms with E-state index in [1.165, 1.54) is 0 Å². The van der Waals surface area contributed by atoms with E-state index in [0.29, 0.717) is 19.0 Å². The van der Waals surface area contributed by atoms with Gasteiger partial charge in [0.2, 0.25) is 5.91 Å². The Morgan fingerprint density at radius 2 is 1.95 bits per heavy atom. The highest BCUT2D eigenvalue weighted by atomic mass is 16.4. The number of carbonyl (C=O) groups excluding carboxylic acids is 1. The third kappa shape index (κ3) is 2.82. The number of aliphatic carboxylic acids is 1. The Labute approximate surface area is 117 Å². The first-order valence-electron chi connectivity index (χ1n) is 6.96. The molecular weight excluding hydrogens is 256 g/mol. The fourth-order valence-electron chi connectivity index (χ4n) is 2.70. The summed E-state index contributed by atoms with van der Waals surface area (Å²) in [7, 11) is 0. The maximum atomic E-state index is 12.3. The summed E-state index contributed by atoms with van der Waals surface area (Å²) in [4.78, 5) is 25.1. The highest BCUT2D eigenvalue weighted by Gasteiger charge is 2.35. The van der Waals surface area contributed by atoms with Crippen LogP contribution in [-0.2, 0) is 22.6 Å². The minimum absolute atomic E-state index is 0.0387. The molecule has 1 aliphatic carbocycles. The number of carboxylic acids is 1. The third-order valence-electron chi connectivity index (χ3n) is 3.91. The zero-order chi connectivity index (χ0) is 14.1. The van der Waals surface area contributed by atoms with E-state index in [4.69, 9.17) is 5.11 Å². The Hall–Kier alpha value is -1.88. The predicted octanol–water partition coefficient (Wildman–Crippen LogP) is 0.776. The molecule has 1 amide bonds. The molecule has 20 heavy (non-hydrogen) atoms. The van der Waals surface area contributed by atoms with Gasteiger partial charge in [-0.15, -0.1) is 0 Å². The standard InChI is InChI=1S/C15H18N2O3/c18-14(19)9-17-8-11-4-2-1-3-10(11)7-13(17)15(20)16-12-5-6-12/h1-4,12-13H,5-9H2,(H,16,20)(H,18,19)/t13-/m0/s1. The van der Waals surface area contributed by atoms with Crippen molar-refractivity contribution in [1.29, 1.82) is 0 Å². The van der Waals surface area contributed by atoms with Gasteiger partial charge in [-0.2, -0.15) is 0 Å². The number of rotatable bonds is 4. The van der Waals surface area contributed by atoms with Crippen LogP contribution in [0.25, 0.3) is 0 Å². The lowest BCUT2D eigenvalue weighted by atomic mass is 9.93. The van der Waals surface area contributed by atoms with Gasteiger partial charge in [0, 0.05) is 12.6 Å². The van der Waals surface area contributed by atoms with Crippen LogP contribution in [0.15, 0.2) is 24.3 Å². The second-order valence-corrected chi connectivity index (χ2v) is 5.57. The fourth-order valence-corrected chi connectivity index (χ4v) is 2.70. The minimum atomic E-state index is -0.895. The quantitative estimate of drug-likeness (QED) is 0.851. The smallest absolute Gasteiger partial charge is 0.317 e. The molecule has 1 aliphatic heterocycles. The van der Waals surface area contributed by atoms with Crippen molar-refractivity contribution in [2.24, 2.45) is 0 Å². The van der Waals surface area contributed by atoms with Gasteiger partial charge in [0.15, 0.2) is 0 Å². The summed E-state index contributed by atoms with van der Waals surface area (Å²) in [5.41, 5.74) is 2.26. The van der Waals surface area contributed by atoms with Crippen molar-refractivity contribution in [3.8, 4) is 0 Å². The van der Waals surface area contributed by atoms with E-state index in [-0.39, 0.29) is 18.5 Å². The number of benzene rings is 1. The molecular formula is C15H18N2O3. The van der Waals surface area contributed by atoms with E-state index >= 15 is 0 Å². The zero-order valence-corrected chi connectivity index (χ0v) is 11.2. The molecule has 5 nitrogen and oxygen atoms in total. The van der Waals surface area contributed by atoms with E-state index in [2.05, 4.69) is 5.32 Å². The number of fused-ring (bicyclic) bond motifs is 1. The lowest BCUT2D eigenvalue weighted by Crippen LogP contribution is -2.52. The van der Waals surface area contributed by atoms with Crippen molar-refractivity contribution in [1.82, 2.24) is 10.2 Å². The van der Waals surface area contributed by atoms with Crippen LogP contribution in [-0.4, -0.2) is 40.5 Å². The van der Waals surface area contributed by atoms with Gasteiger partial charge in [-0.05, 0) is 30.4 Å². The molecule has 1 aromatic rings. The number of carboxylic acid groups (broad SMARTS) is 1. The van der Waals surface area contributed by atoms with Crippen LogP contribution < -0.4 is 5.32 Å². The van der Waals surface area contributed by atoms with Gasteiger partial charge >= 0.3 is 5.97 Å². The van der Waals surface area contributed by atoms with E-state index in [9.17, 15) is 9.59 Å². The van der Waals surface area contributed by atoms with Crippen LogP contribution in [0.3, 0.4) is 0 Å². The summed E-state index contributed by atoms with van der Waals surface area (Å²) < 4.78 is 0. The van der Waals surface area contributed by atoms with Gasteiger partial charge in [-0.25, -0.2) is 0 Å². The first-order chi connectivity index (χ1) is 9.63. The maximum Gasteiger partial charge on any atom is 0.317 e. The average Bonchev–Trinajstić information content (AvgIpc) is 3.21. The summed E-state index contributed by atoms with van der Waals surface area (Å²) in [6.45, 7) is 0.419. The molecule has 1 aromatic carbocycles. The number of hydrogen-bond acceptors (Lipinski definition) is 3. The molecule has 0 radical (unpaired) electrons. The molecule has 3 rings (SSSR count). The highest BCUT2D eigenvalue weighted by Crippen LogP contribution is 2.25. The largest absolute Gasteiger partial charge is 0.480 e. The van der Waals surface area contributed by atoms with Crippen LogP contribution >= 0.6 is 0 Å². The highest BCUT2D eigenvalue weighted by molar-refractivity contribution is 5.83. The summed E-state index contributed by atoms with van der Waals surface area (Å²) in [5.74, 6) is -0.933. The number of carbonyl (C=O) groups is 2. The number of nitrogens with zero attached hydrogens (tertiary/aromatic N) is 1. The van der Waals surface area contributed by atoms with Crippen LogP contribution in [0.1, 0.15) is 24.0 Å². The molecule has 0 spiro atoms. The molecule has 0 aromatic heterocycles. The maximum absolute atomic E-state index is 12.3. The van der Waals surface area contributed by atoms with Crippen molar-refractivity contribution in [2.75, 3.05) is 6.54 Å². The van der Waals surface area contributed by atoms with Gasteiger partial charge in [-0.3, -0.25) is 14.5 Å². The Morgan fingerprint density at radius 1 is 1.25 bits per heavy atom. The summed E-state index contributed by atoms with van der Waals surface area (Å²) >= 11 is 0. The molecule has 1 fully saturated rings. The zero-order valence-electron chi connectivity index (χ0n) is 11.2. The fraction of sp³-hybridized carbons (Fsp3) is 0.467. The Bertz CT molecular complexity index is 540. The summed E-state index contributed by atoms with van der Waals surface area (Å²) in [5, 5.41) is 12.0. The van der Waals surface area contributed by atoms with E-state index in [1.807, 2.05) is 24.3 Å². The number of nitrogens with one attached hydrogen (secondary N) is 1. The van der Waals surface area contributed by atoms with Crippen LogP contribution in [0, 0.1) is 0 Å². The number of amides is 1. The normalized spacial score (nSPS) is 22.1. The first kappa shape index (κ1) is 13.1. The van der Waals surface area contributed by atoms with E-state index in [1.54, 1.807) is 4.90 Å². The second kappa shape index (κ2) is 5.25. The molecule has 1 saturated carbocycles. The predicted molar refractivity (Wildman–Crippen MR) is 73.1 cm³/mol. The van der Waals surface area contributed by atoms with Crippen molar-refractivity contribution in [3.05, 3.63) is 35.4 Å². The Kier molecular flexibility index (Phi) is 3.44. The van der Waals surface area contributed by atoms with Crippen molar-refractivity contribution >= 4 is 11.9 Å². The third-order valence-corrected chi connectivity index (χ3v) is 3.91. The summed E-state index contributed by atoms with van der Waals surface area (Å²) in [6.07, 6.45) is 2.66. The van der Waals surface area contributed by atoms with Gasteiger partial charge < -0.3 is 10.4 Å². The molecule has 1 atom stereocenters. The molecule has 0 saturated heterocycles. The molecule has 0 bridgehead atoms. The van der Waals surface area contributed by atoms with Gasteiger partial charge in [0.05, 0.1) is 12.6 Å². The lowest BCUT2D eigenvalue weighted by Gasteiger charge is -2.34. The van der Waals surface area contributed by atoms with E-state index < -0.39 is 5.97 Å². The minimum Gasteiger partial charge on any atom is -0.480 e. The first-order valence-corrected chi connectivity index (χ1v) is 6.96. The molecule has 106 valence electrons. The Balaban J connectivity index is 1.80. The molecule has 2 N–H and O–H groups in total. The van der Waals surface area contributed by atoms with Gasteiger partial charge in [0.1, 0.15) is 0 Å².